The molecule has 0 aliphatic heterocycles. The van der Waals surface area contributed by atoms with Crippen LogP contribution in [0.25, 0.3) is 0 Å². The van der Waals surface area contributed by atoms with Gasteiger partial charge in [-0.2, -0.15) is 0 Å². The van der Waals surface area contributed by atoms with E-state index in [0.717, 1.165) is 5.44 Å². The standard InChI is InChI=1S/C6H12N3O2P/c1-3-10-12(11-4-2)6-5-7-9-8-6/h5H,3-4H2,1-2H3,(H,7,8,9). The lowest BCUT2D eigenvalue weighted by atomic mass is 10.9. The van der Waals surface area contributed by atoms with Crippen LogP contribution in [0, 0.1) is 0 Å². The average molecular weight is 189 g/mol. The molecule has 0 radical (unpaired) electrons. The fourth-order valence-corrected chi connectivity index (χ4v) is 1.78. The van der Waals surface area contributed by atoms with Crippen LogP contribution in [0.2, 0.25) is 0 Å². The Balaban J connectivity index is 2.53. The van der Waals surface area contributed by atoms with Crippen LogP contribution in [-0.4, -0.2) is 28.6 Å². The summed E-state index contributed by atoms with van der Waals surface area (Å²) < 4.78 is 10.7. The van der Waals surface area contributed by atoms with E-state index in [1.165, 1.54) is 0 Å². The predicted molar refractivity (Wildman–Crippen MR) is 46.2 cm³/mol. The average Bonchev–Trinajstić information content (AvgIpc) is 2.56. The first kappa shape index (κ1) is 9.58. The van der Waals surface area contributed by atoms with Crippen LogP contribution >= 0.6 is 8.38 Å². The van der Waals surface area contributed by atoms with E-state index in [2.05, 4.69) is 15.4 Å². The molecule has 68 valence electrons. The first-order valence-corrected chi connectivity index (χ1v) is 4.98. The van der Waals surface area contributed by atoms with Crippen molar-refractivity contribution >= 4 is 13.8 Å². The lowest BCUT2D eigenvalue weighted by molar-refractivity contribution is 0.277. The van der Waals surface area contributed by atoms with Crippen molar-refractivity contribution < 1.29 is 9.05 Å². The molecular weight excluding hydrogens is 177 g/mol. The van der Waals surface area contributed by atoms with Crippen LogP contribution in [0.3, 0.4) is 0 Å². The van der Waals surface area contributed by atoms with E-state index in [0.29, 0.717) is 13.2 Å². The molecule has 1 rings (SSSR count). The second kappa shape index (κ2) is 5.19. The third kappa shape index (κ3) is 2.52. The van der Waals surface area contributed by atoms with Gasteiger partial charge in [-0.3, -0.25) is 5.10 Å². The molecule has 0 fully saturated rings. The normalized spacial score (nSPS) is 10.9. The molecule has 0 amide bonds. The van der Waals surface area contributed by atoms with Gasteiger partial charge in [0, 0.05) is 0 Å². The fourth-order valence-electron chi connectivity index (χ4n) is 0.689. The SMILES string of the molecule is CCOP(OCC)c1c[nH]nn1. The summed E-state index contributed by atoms with van der Waals surface area (Å²) in [6.07, 6.45) is 1.69. The second-order valence-electron chi connectivity index (χ2n) is 1.92. The maximum atomic E-state index is 5.35. The number of hydrogen-bond acceptors (Lipinski definition) is 4. The minimum Gasteiger partial charge on any atom is -0.330 e. The molecule has 0 aromatic carbocycles. The van der Waals surface area contributed by atoms with E-state index in [1.54, 1.807) is 6.20 Å². The molecule has 0 aliphatic carbocycles. The van der Waals surface area contributed by atoms with Crippen molar-refractivity contribution in [2.75, 3.05) is 13.2 Å². The molecule has 1 aromatic heterocycles. The molecule has 0 saturated heterocycles. The summed E-state index contributed by atoms with van der Waals surface area (Å²) in [7, 11) is -1.02. The molecule has 0 aliphatic rings. The van der Waals surface area contributed by atoms with E-state index < -0.39 is 8.38 Å². The van der Waals surface area contributed by atoms with Crippen LogP contribution in [0.15, 0.2) is 6.20 Å². The van der Waals surface area contributed by atoms with E-state index in [4.69, 9.17) is 9.05 Å². The van der Waals surface area contributed by atoms with Crippen molar-refractivity contribution in [3.8, 4) is 0 Å². The highest BCUT2D eigenvalue weighted by molar-refractivity contribution is 7.55. The van der Waals surface area contributed by atoms with E-state index in [-0.39, 0.29) is 0 Å². The molecule has 5 nitrogen and oxygen atoms in total. The Bertz CT molecular complexity index is 199. The highest BCUT2D eigenvalue weighted by Crippen LogP contribution is 2.35. The molecule has 1 N–H and O–H groups in total. The van der Waals surface area contributed by atoms with Crippen LogP contribution in [0.4, 0.5) is 0 Å². The molecule has 0 unspecified atom stereocenters. The number of H-pyrrole nitrogens is 1. The summed E-state index contributed by atoms with van der Waals surface area (Å²) in [5.74, 6) is 0. The second-order valence-corrected chi connectivity index (χ2v) is 3.41. The number of rotatable bonds is 5. The maximum absolute atomic E-state index is 5.35. The van der Waals surface area contributed by atoms with Crippen molar-refractivity contribution in [3.63, 3.8) is 0 Å². The lowest BCUT2D eigenvalue weighted by Crippen LogP contribution is -2.07. The van der Waals surface area contributed by atoms with E-state index in [9.17, 15) is 0 Å². The Morgan fingerprint density at radius 1 is 1.42 bits per heavy atom. The van der Waals surface area contributed by atoms with Crippen LogP contribution < -0.4 is 5.44 Å². The Morgan fingerprint density at radius 2 is 2.08 bits per heavy atom. The van der Waals surface area contributed by atoms with Gasteiger partial charge in [0.25, 0.3) is 0 Å². The van der Waals surface area contributed by atoms with Crippen molar-refractivity contribution in [1.29, 1.82) is 0 Å². The van der Waals surface area contributed by atoms with Crippen molar-refractivity contribution in [2.45, 2.75) is 13.8 Å². The number of aromatic nitrogens is 3. The van der Waals surface area contributed by atoms with Crippen LogP contribution in [-0.2, 0) is 9.05 Å². The summed E-state index contributed by atoms with van der Waals surface area (Å²) in [4.78, 5) is 0. The molecule has 0 saturated carbocycles. The summed E-state index contributed by atoms with van der Waals surface area (Å²) in [6, 6.07) is 0. The van der Waals surface area contributed by atoms with Crippen molar-refractivity contribution in [1.82, 2.24) is 15.4 Å². The van der Waals surface area contributed by atoms with Gasteiger partial charge < -0.3 is 9.05 Å². The zero-order valence-electron chi connectivity index (χ0n) is 7.15. The van der Waals surface area contributed by atoms with E-state index >= 15 is 0 Å². The van der Waals surface area contributed by atoms with Gasteiger partial charge in [0.1, 0.15) is 0 Å². The zero-order valence-corrected chi connectivity index (χ0v) is 8.04. The minimum atomic E-state index is -1.02. The molecule has 6 heteroatoms. The monoisotopic (exact) mass is 189 g/mol. The third-order valence-electron chi connectivity index (χ3n) is 1.08. The molecule has 0 atom stereocenters. The van der Waals surface area contributed by atoms with Gasteiger partial charge in [0.15, 0.2) is 5.44 Å². The molecule has 1 aromatic rings. The van der Waals surface area contributed by atoms with Gasteiger partial charge >= 0.3 is 0 Å². The zero-order chi connectivity index (χ0) is 8.81. The molecule has 0 spiro atoms. The topological polar surface area (TPSA) is 60.0 Å². The maximum Gasteiger partial charge on any atom is 0.228 e. The minimum absolute atomic E-state index is 0.624. The first-order valence-electron chi connectivity index (χ1n) is 3.80. The molecule has 0 bridgehead atoms. The summed E-state index contributed by atoms with van der Waals surface area (Å²) in [6.45, 7) is 5.10. The Hall–Kier alpha value is -0.510. The van der Waals surface area contributed by atoms with E-state index in [1.807, 2.05) is 13.8 Å². The lowest BCUT2D eigenvalue weighted by Gasteiger charge is -2.11. The summed E-state index contributed by atoms with van der Waals surface area (Å²) in [5, 5.41) is 10.0. The quantitative estimate of drug-likeness (QED) is 0.696. The van der Waals surface area contributed by atoms with Crippen molar-refractivity contribution in [2.24, 2.45) is 0 Å². The van der Waals surface area contributed by atoms with Crippen molar-refractivity contribution in [3.05, 3.63) is 6.20 Å². The Kier molecular flexibility index (Phi) is 4.14. The number of nitrogens with zero attached hydrogens (tertiary/aromatic N) is 2. The molecular formula is C6H12N3O2P. The number of hydrogen-bond donors (Lipinski definition) is 1. The van der Waals surface area contributed by atoms with Gasteiger partial charge in [-0.15, -0.1) is 5.10 Å². The van der Waals surface area contributed by atoms with Gasteiger partial charge in [0.2, 0.25) is 8.38 Å². The summed E-state index contributed by atoms with van der Waals surface area (Å²) >= 11 is 0. The Labute approximate surface area is 72.4 Å². The first-order chi connectivity index (χ1) is 5.88. The molecule has 12 heavy (non-hydrogen) atoms. The third-order valence-corrected chi connectivity index (χ3v) is 2.66. The molecule has 1 heterocycles. The highest BCUT2D eigenvalue weighted by atomic mass is 31.2. The Morgan fingerprint density at radius 3 is 2.50 bits per heavy atom. The number of nitrogens with one attached hydrogen (secondary N) is 1. The summed E-state index contributed by atoms with van der Waals surface area (Å²) in [5.41, 5.74) is 0.744. The fraction of sp³-hybridized carbons (Fsp3) is 0.667. The predicted octanol–water partition coefficient (Wildman–Crippen LogP) is 0.815. The van der Waals surface area contributed by atoms with Gasteiger partial charge in [-0.05, 0) is 13.8 Å². The smallest absolute Gasteiger partial charge is 0.228 e. The van der Waals surface area contributed by atoms with Gasteiger partial charge in [-0.1, -0.05) is 5.21 Å². The van der Waals surface area contributed by atoms with Gasteiger partial charge in [0.05, 0.1) is 19.4 Å². The van der Waals surface area contributed by atoms with Crippen LogP contribution in [0.1, 0.15) is 13.8 Å². The van der Waals surface area contributed by atoms with Crippen LogP contribution in [0.5, 0.6) is 0 Å². The highest BCUT2D eigenvalue weighted by Gasteiger charge is 2.14. The van der Waals surface area contributed by atoms with Gasteiger partial charge in [-0.25, -0.2) is 0 Å². The number of aromatic amines is 1. The largest absolute Gasteiger partial charge is 0.330 e.